The van der Waals surface area contributed by atoms with E-state index in [9.17, 15) is 0 Å². The second-order valence-electron chi connectivity index (χ2n) is 5.28. The number of aromatic nitrogens is 2. The van der Waals surface area contributed by atoms with E-state index in [0.29, 0.717) is 0 Å². The van der Waals surface area contributed by atoms with Crippen LogP contribution in [0.4, 0.5) is 0 Å². The number of fused-ring (bicyclic) bond motifs is 1. The van der Waals surface area contributed by atoms with Crippen LogP contribution in [-0.4, -0.2) is 16.1 Å². The zero-order chi connectivity index (χ0) is 14.7. The molecule has 1 aromatic carbocycles. The molecule has 1 N–H and O–H groups in total. The van der Waals surface area contributed by atoms with Crippen LogP contribution in [0.1, 0.15) is 30.5 Å². The van der Waals surface area contributed by atoms with Crippen molar-refractivity contribution in [2.75, 3.05) is 6.54 Å². The van der Waals surface area contributed by atoms with Gasteiger partial charge in [-0.1, -0.05) is 25.1 Å². The average molecular weight is 283 g/mol. The molecule has 0 spiro atoms. The Bertz CT molecular complexity index is 727. The zero-order valence-corrected chi connectivity index (χ0v) is 12.6. The summed E-state index contributed by atoms with van der Waals surface area (Å²) >= 11 is 0. The van der Waals surface area contributed by atoms with Gasteiger partial charge in [-0.05, 0) is 26.0 Å². The third-order valence-electron chi connectivity index (χ3n) is 3.75. The Morgan fingerprint density at radius 3 is 2.90 bits per heavy atom. The lowest BCUT2D eigenvalue weighted by Crippen LogP contribution is -2.15. The molecule has 2 aromatic heterocycles. The number of rotatable bonds is 6. The van der Waals surface area contributed by atoms with Gasteiger partial charge in [0, 0.05) is 29.9 Å². The van der Waals surface area contributed by atoms with Crippen LogP contribution in [0.15, 0.2) is 41.1 Å². The van der Waals surface area contributed by atoms with Gasteiger partial charge in [-0.25, -0.2) is 4.98 Å². The van der Waals surface area contributed by atoms with E-state index in [2.05, 4.69) is 33.9 Å². The molecule has 4 nitrogen and oxygen atoms in total. The number of benzene rings is 1. The summed E-state index contributed by atoms with van der Waals surface area (Å²) in [5.41, 5.74) is 2.21. The van der Waals surface area contributed by atoms with Crippen molar-refractivity contribution in [3.8, 4) is 0 Å². The van der Waals surface area contributed by atoms with Crippen LogP contribution in [0.25, 0.3) is 11.0 Å². The predicted octanol–water partition coefficient (Wildman–Crippen LogP) is 3.49. The van der Waals surface area contributed by atoms with Crippen LogP contribution in [0.5, 0.6) is 0 Å². The van der Waals surface area contributed by atoms with Crippen LogP contribution < -0.4 is 5.32 Å². The number of hydrogen-bond donors (Lipinski definition) is 1. The molecule has 0 unspecified atom stereocenters. The Labute approximate surface area is 124 Å². The third kappa shape index (κ3) is 2.85. The minimum Gasteiger partial charge on any atom is -0.459 e. The van der Waals surface area contributed by atoms with Gasteiger partial charge in [0.25, 0.3) is 0 Å². The minimum absolute atomic E-state index is 0.726. The minimum atomic E-state index is 0.726. The topological polar surface area (TPSA) is 43.0 Å². The fourth-order valence-corrected chi connectivity index (χ4v) is 2.59. The van der Waals surface area contributed by atoms with E-state index in [1.807, 2.05) is 31.5 Å². The first-order valence-electron chi connectivity index (χ1n) is 7.47. The van der Waals surface area contributed by atoms with Gasteiger partial charge in [0.15, 0.2) is 0 Å². The van der Waals surface area contributed by atoms with Gasteiger partial charge in [-0.3, -0.25) is 0 Å². The summed E-state index contributed by atoms with van der Waals surface area (Å²) in [6, 6.07) is 8.24. The van der Waals surface area contributed by atoms with Gasteiger partial charge in [0.2, 0.25) is 0 Å². The molecule has 0 bridgehead atoms. The van der Waals surface area contributed by atoms with Crippen LogP contribution in [0.2, 0.25) is 0 Å². The Balaban J connectivity index is 1.95. The van der Waals surface area contributed by atoms with Crippen LogP contribution in [-0.2, 0) is 13.1 Å². The lowest BCUT2D eigenvalue weighted by Gasteiger charge is -2.07. The first-order chi connectivity index (χ1) is 10.3. The Morgan fingerprint density at radius 1 is 1.29 bits per heavy atom. The van der Waals surface area contributed by atoms with E-state index in [1.165, 1.54) is 10.9 Å². The maximum Gasteiger partial charge on any atom is 0.134 e. The SMILES string of the molecule is CCCNCc1c(Cn2ccnc2C)oc2ccccc12. The Kier molecular flexibility index (Phi) is 4.06. The van der Waals surface area contributed by atoms with Crippen LogP contribution in [0.3, 0.4) is 0 Å². The number of furan rings is 1. The molecule has 0 atom stereocenters. The van der Waals surface area contributed by atoms with E-state index in [1.54, 1.807) is 0 Å². The molecule has 0 radical (unpaired) electrons. The highest BCUT2D eigenvalue weighted by Gasteiger charge is 2.14. The summed E-state index contributed by atoms with van der Waals surface area (Å²) in [6.07, 6.45) is 4.95. The molecule has 3 aromatic rings. The summed E-state index contributed by atoms with van der Waals surface area (Å²) in [5, 5.41) is 4.68. The van der Waals surface area contributed by atoms with E-state index >= 15 is 0 Å². The van der Waals surface area contributed by atoms with Gasteiger partial charge < -0.3 is 14.3 Å². The molecule has 2 heterocycles. The average Bonchev–Trinajstić information content (AvgIpc) is 3.04. The van der Waals surface area contributed by atoms with Gasteiger partial charge in [-0.2, -0.15) is 0 Å². The summed E-state index contributed by atoms with van der Waals surface area (Å²) < 4.78 is 8.18. The summed E-state index contributed by atoms with van der Waals surface area (Å²) in [5.74, 6) is 2.02. The standard InChI is InChI=1S/C17H21N3O/c1-3-8-18-11-15-14-6-4-5-7-16(14)21-17(15)12-20-10-9-19-13(20)2/h4-7,9-10,18H,3,8,11-12H2,1-2H3. The fraction of sp³-hybridized carbons (Fsp3) is 0.353. The van der Waals surface area contributed by atoms with Gasteiger partial charge in [0.1, 0.15) is 17.2 Å². The summed E-state index contributed by atoms with van der Waals surface area (Å²) in [4.78, 5) is 4.28. The fourth-order valence-electron chi connectivity index (χ4n) is 2.59. The number of imidazole rings is 1. The molecule has 0 fully saturated rings. The van der Waals surface area contributed by atoms with Gasteiger partial charge in [-0.15, -0.1) is 0 Å². The number of nitrogens with one attached hydrogen (secondary N) is 1. The molecule has 0 saturated carbocycles. The number of hydrogen-bond acceptors (Lipinski definition) is 3. The molecule has 0 saturated heterocycles. The molecule has 110 valence electrons. The lowest BCUT2D eigenvalue weighted by atomic mass is 10.1. The van der Waals surface area contributed by atoms with Gasteiger partial charge in [0.05, 0.1) is 6.54 Å². The zero-order valence-electron chi connectivity index (χ0n) is 12.6. The molecule has 0 aliphatic heterocycles. The smallest absolute Gasteiger partial charge is 0.134 e. The molecular weight excluding hydrogens is 262 g/mol. The molecule has 0 amide bonds. The monoisotopic (exact) mass is 283 g/mol. The highest BCUT2D eigenvalue weighted by molar-refractivity contribution is 5.82. The molecule has 3 rings (SSSR count). The largest absolute Gasteiger partial charge is 0.459 e. The van der Waals surface area contributed by atoms with Gasteiger partial charge >= 0.3 is 0 Å². The van der Waals surface area contributed by atoms with Crippen molar-refractivity contribution < 1.29 is 4.42 Å². The van der Waals surface area contributed by atoms with E-state index in [0.717, 1.165) is 43.2 Å². The van der Waals surface area contributed by atoms with Crippen LogP contribution in [0, 0.1) is 6.92 Å². The van der Waals surface area contributed by atoms with Crippen molar-refractivity contribution in [1.82, 2.24) is 14.9 Å². The Hall–Kier alpha value is -2.07. The van der Waals surface area contributed by atoms with Crippen molar-refractivity contribution in [2.45, 2.75) is 33.4 Å². The second-order valence-corrected chi connectivity index (χ2v) is 5.28. The summed E-state index contributed by atoms with van der Waals surface area (Å²) in [7, 11) is 0. The molecule has 4 heteroatoms. The number of aryl methyl sites for hydroxylation is 1. The van der Waals surface area contributed by atoms with E-state index in [4.69, 9.17) is 4.42 Å². The normalized spacial score (nSPS) is 11.3. The predicted molar refractivity (Wildman–Crippen MR) is 84.3 cm³/mol. The van der Waals surface area contributed by atoms with Crippen molar-refractivity contribution >= 4 is 11.0 Å². The van der Waals surface area contributed by atoms with Crippen LogP contribution >= 0.6 is 0 Å². The van der Waals surface area contributed by atoms with E-state index in [-0.39, 0.29) is 0 Å². The summed E-state index contributed by atoms with van der Waals surface area (Å²) in [6.45, 7) is 6.77. The Morgan fingerprint density at radius 2 is 2.14 bits per heavy atom. The maximum absolute atomic E-state index is 6.07. The van der Waals surface area contributed by atoms with Crippen molar-refractivity contribution in [1.29, 1.82) is 0 Å². The second kappa shape index (κ2) is 6.14. The molecule has 21 heavy (non-hydrogen) atoms. The number of para-hydroxylation sites is 1. The lowest BCUT2D eigenvalue weighted by molar-refractivity contribution is 0.513. The highest BCUT2D eigenvalue weighted by Crippen LogP contribution is 2.26. The van der Waals surface area contributed by atoms with Crippen molar-refractivity contribution in [3.63, 3.8) is 0 Å². The molecule has 0 aliphatic rings. The highest BCUT2D eigenvalue weighted by atomic mass is 16.3. The maximum atomic E-state index is 6.07. The quantitative estimate of drug-likeness (QED) is 0.704. The van der Waals surface area contributed by atoms with E-state index < -0.39 is 0 Å². The third-order valence-corrected chi connectivity index (χ3v) is 3.75. The van der Waals surface area contributed by atoms with Crippen molar-refractivity contribution in [2.24, 2.45) is 0 Å². The van der Waals surface area contributed by atoms with Crippen molar-refractivity contribution in [3.05, 3.63) is 53.8 Å². The molecule has 0 aliphatic carbocycles. The first kappa shape index (κ1) is 13.9. The first-order valence-corrected chi connectivity index (χ1v) is 7.47. The number of nitrogens with zero attached hydrogens (tertiary/aromatic N) is 2. The molecular formula is C17H21N3O.